The van der Waals surface area contributed by atoms with Crippen molar-refractivity contribution < 1.29 is 9.53 Å². The Bertz CT molecular complexity index is 245. The molecule has 2 aliphatic rings. The second kappa shape index (κ2) is 4.10. The molecule has 0 aromatic carbocycles. The highest BCUT2D eigenvalue weighted by molar-refractivity contribution is 5.84. The van der Waals surface area contributed by atoms with Crippen LogP contribution in [0.15, 0.2) is 0 Å². The molecule has 4 heteroatoms. The predicted molar refractivity (Wildman–Crippen MR) is 57.3 cm³/mol. The summed E-state index contributed by atoms with van der Waals surface area (Å²) in [5, 5.41) is 0. The molecule has 2 rings (SSSR count). The number of ether oxygens (including phenoxy) is 1. The first kappa shape index (κ1) is 10.9. The van der Waals surface area contributed by atoms with Gasteiger partial charge in [-0.05, 0) is 19.8 Å². The van der Waals surface area contributed by atoms with Crippen LogP contribution in [0.1, 0.15) is 26.2 Å². The van der Waals surface area contributed by atoms with Gasteiger partial charge in [0.05, 0.1) is 18.1 Å². The molecule has 1 aliphatic carbocycles. The van der Waals surface area contributed by atoms with Gasteiger partial charge in [-0.1, -0.05) is 6.42 Å². The van der Waals surface area contributed by atoms with Gasteiger partial charge in [0.25, 0.3) is 0 Å². The number of nitrogens with zero attached hydrogens (tertiary/aromatic N) is 1. The Balaban J connectivity index is 2.00. The summed E-state index contributed by atoms with van der Waals surface area (Å²) in [5.41, 5.74) is 5.51. The van der Waals surface area contributed by atoms with Crippen molar-refractivity contribution in [2.45, 2.75) is 32.3 Å². The molecular weight excluding hydrogens is 192 g/mol. The van der Waals surface area contributed by atoms with Crippen molar-refractivity contribution in [3.05, 3.63) is 0 Å². The largest absolute Gasteiger partial charge is 0.375 e. The fraction of sp³-hybridized carbons (Fsp3) is 0.909. The maximum absolute atomic E-state index is 12.3. The number of hydrogen-bond acceptors (Lipinski definition) is 3. The molecule has 0 aromatic rings. The normalized spacial score (nSPS) is 29.7. The van der Waals surface area contributed by atoms with Crippen molar-refractivity contribution in [2.24, 2.45) is 11.1 Å². The molecule has 1 atom stereocenters. The summed E-state index contributed by atoms with van der Waals surface area (Å²) < 4.78 is 5.43. The highest BCUT2D eigenvalue weighted by Crippen LogP contribution is 2.41. The summed E-state index contributed by atoms with van der Waals surface area (Å²) in [4.78, 5) is 14.2. The summed E-state index contributed by atoms with van der Waals surface area (Å²) in [6, 6.07) is 0. The zero-order chi connectivity index (χ0) is 10.9. The first-order valence-corrected chi connectivity index (χ1v) is 5.79. The Kier molecular flexibility index (Phi) is 2.98. The molecule has 4 nitrogen and oxygen atoms in total. The van der Waals surface area contributed by atoms with E-state index in [1.807, 2.05) is 11.8 Å². The molecule has 0 radical (unpaired) electrons. The number of morpholine rings is 1. The molecule has 0 aromatic heterocycles. The third-order valence-corrected chi connectivity index (χ3v) is 3.68. The minimum atomic E-state index is -0.225. The van der Waals surface area contributed by atoms with Crippen molar-refractivity contribution >= 4 is 5.91 Å². The van der Waals surface area contributed by atoms with Crippen LogP contribution in [0.2, 0.25) is 0 Å². The lowest BCUT2D eigenvalue weighted by Crippen LogP contribution is -2.55. The SMILES string of the molecule is CC1CN(C(=O)C2(CN)CCC2)CCO1. The number of hydrogen-bond donors (Lipinski definition) is 1. The lowest BCUT2D eigenvalue weighted by atomic mass is 9.67. The van der Waals surface area contributed by atoms with Crippen molar-refractivity contribution in [1.82, 2.24) is 4.90 Å². The van der Waals surface area contributed by atoms with Gasteiger partial charge in [0.2, 0.25) is 5.91 Å². The van der Waals surface area contributed by atoms with Crippen molar-refractivity contribution in [3.8, 4) is 0 Å². The molecule has 0 spiro atoms. The summed E-state index contributed by atoms with van der Waals surface area (Å²) in [5.74, 6) is 0.256. The van der Waals surface area contributed by atoms with Crippen LogP contribution in [-0.4, -0.2) is 43.2 Å². The molecule has 0 bridgehead atoms. The zero-order valence-corrected chi connectivity index (χ0v) is 9.37. The van der Waals surface area contributed by atoms with E-state index in [9.17, 15) is 4.79 Å². The highest BCUT2D eigenvalue weighted by Gasteiger charge is 2.45. The van der Waals surface area contributed by atoms with Gasteiger partial charge in [0, 0.05) is 19.6 Å². The van der Waals surface area contributed by atoms with Crippen LogP contribution in [0.4, 0.5) is 0 Å². The maximum atomic E-state index is 12.3. The van der Waals surface area contributed by atoms with Crippen LogP contribution in [0.5, 0.6) is 0 Å². The molecule has 1 amide bonds. The zero-order valence-electron chi connectivity index (χ0n) is 9.37. The number of nitrogens with two attached hydrogens (primary N) is 1. The summed E-state index contributed by atoms with van der Waals surface area (Å²) in [6.45, 7) is 4.62. The average Bonchev–Trinajstić information content (AvgIpc) is 2.17. The van der Waals surface area contributed by atoms with E-state index in [0.717, 1.165) is 32.4 Å². The van der Waals surface area contributed by atoms with Gasteiger partial charge in [-0.3, -0.25) is 4.79 Å². The molecule has 1 saturated heterocycles. The van der Waals surface area contributed by atoms with Gasteiger partial charge in [-0.2, -0.15) is 0 Å². The van der Waals surface area contributed by atoms with E-state index in [4.69, 9.17) is 10.5 Å². The van der Waals surface area contributed by atoms with Gasteiger partial charge in [-0.25, -0.2) is 0 Å². The minimum Gasteiger partial charge on any atom is -0.375 e. The Hall–Kier alpha value is -0.610. The second-order valence-corrected chi connectivity index (χ2v) is 4.77. The van der Waals surface area contributed by atoms with Gasteiger partial charge in [0.15, 0.2) is 0 Å². The molecule has 1 heterocycles. The van der Waals surface area contributed by atoms with Crippen LogP contribution in [0, 0.1) is 5.41 Å². The topological polar surface area (TPSA) is 55.6 Å². The third-order valence-electron chi connectivity index (χ3n) is 3.68. The lowest BCUT2D eigenvalue weighted by molar-refractivity contribution is -0.153. The maximum Gasteiger partial charge on any atom is 0.230 e. The first-order valence-electron chi connectivity index (χ1n) is 5.79. The van der Waals surface area contributed by atoms with Crippen LogP contribution in [-0.2, 0) is 9.53 Å². The minimum absolute atomic E-state index is 0.164. The molecular formula is C11H20N2O2. The van der Waals surface area contributed by atoms with E-state index >= 15 is 0 Å². The molecule has 1 unspecified atom stereocenters. The number of amides is 1. The molecule has 1 saturated carbocycles. The lowest BCUT2D eigenvalue weighted by Gasteiger charge is -2.44. The molecule has 15 heavy (non-hydrogen) atoms. The van der Waals surface area contributed by atoms with Crippen LogP contribution >= 0.6 is 0 Å². The average molecular weight is 212 g/mol. The van der Waals surface area contributed by atoms with E-state index in [2.05, 4.69) is 0 Å². The third kappa shape index (κ3) is 1.88. The van der Waals surface area contributed by atoms with E-state index in [0.29, 0.717) is 13.2 Å². The molecule has 2 N–H and O–H groups in total. The van der Waals surface area contributed by atoms with E-state index in [1.165, 1.54) is 0 Å². The summed E-state index contributed by atoms with van der Waals surface area (Å²) >= 11 is 0. The van der Waals surface area contributed by atoms with E-state index < -0.39 is 0 Å². The van der Waals surface area contributed by atoms with Crippen molar-refractivity contribution in [1.29, 1.82) is 0 Å². The number of carbonyl (C=O) groups is 1. The van der Waals surface area contributed by atoms with Crippen molar-refractivity contribution in [2.75, 3.05) is 26.2 Å². The molecule has 2 fully saturated rings. The quantitative estimate of drug-likeness (QED) is 0.719. The first-order chi connectivity index (χ1) is 7.18. The molecule has 1 aliphatic heterocycles. The van der Waals surface area contributed by atoms with Gasteiger partial charge >= 0.3 is 0 Å². The summed E-state index contributed by atoms with van der Waals surface area (Å²) in [6.07, 6.45) is 3.24. The number of carbonyl (C=O) groups excluding carboxylic acids is 1. The summed E-state index contributed by atoms with van der Waals surface area (Å²) in [7, 11) is 0. The standard InChI is InChI=1S/C11H20N2O2/c1-9-7-13(5-6-15-9)10(14)11(8-12)3-2-4-11/h9H,2-8,12H2,1H3. The monoisotopic (exact) mass is 212 g/mol. The molecule has 86 valence electrons. The van der Waals surface area contributed by atoms with Gasteiger partial charge < -0.3 is 15.4 Å². The van der Waals surface area contributed by atoms with E-state index in [-0.39, 0.29) is 17.4 Å². The van der Waals surface area contributed by atoms with E-state index in [1.54, 1.807) is 0 Å². The van der Waals surface area contributed by atoms with Crippen LogP contribution < -0.4 is 5.73 Å². The Morgan fingerprint density at radius 1 is 1.60 bits per heavy atom. The fourth-order valence-corrected chi connectivity index (χ4v) is 2.45. The second-order valence-electron chi connectivity index (χ2n) is 4.77. The van der Waals surface area contributed by atoms with Gasteiger partial charge in [0.1, 0.15) is 0 Å². The fourth-order valence-electron chi connectivity index (χ4n) is 2.45. The Morgan fingerprint density at radius 2 is 2.33 bits per heavy atom. The van der Waals surface area contributed by atoms with Gasteiger partial charge in [-0.15, -0.1) is 0 Å². The van der Waals surface area contributed by atoms with Crippen LogP contribution in [0.25, 0.3) is 0 Å². The predicted octanol–water partition coefficient (Wildman–Crippen LogP) is 0.363. The smallest absolute Gasteiger partial charge is 0.230 e. The number of rotatable bonds is 2. The van der Waals surface area contributed by atoms with Crippen LogP contribution in [0.3, 0.4) is 0 Å². The Labute approximate surface area is 90.8 Å². The highest BCUT2D eigenvalue weighted by atomic mass is 16.5. The van der Waals surface area contributed by atoms with Crippen molar-refractivity contribution in [3.63, 3.8) is 0 Å². The Morgan fingerprint density at radius 3 is 2.80 bits per heavy atom.